The second-order valence-electron chi connectivity index (χ2n) is 5.54. The van der Waals surface area contributed by atoms with Gasteiger partial charge in [0.25, 0.3) is 0 Å². The highest BCUT2D eigenvalue weighted by Crippen LogP contribution is 2.03. The predicted octanol–water partition coefficient (Wildman–Crippen LogP) is -2.38. The maximum Gasteiger partial charge on any atom is 0.326 e. The van der Waals surface area contributed by atoms with Crippen molar-refractivity contribution in [3.63, 3.8) is 0 Å². The van der Waals surface area contributed by atoms with Gasteiger partial charge < -0.3 is 32.2 Å². The van der Waals surface area contributed by atoms with Gasteiger partial charge in [0.1, 0.15) is 12.1 Å². The van der Waals surface area contributed by atoms with E-state index in [1.807, 2.05) is 0 Å². The van der Waals surface area contributed by atoms with E-state index in [0.717, 1.165) is 0 Å². The number of carboxylic acids is 1. The molecule has 0 aliphatic rings. The Morgan fingerprint density at radius 3 is 2.36 bits per heavy atom. The number of H-pyrrole nitrogens is 1. The molecule has 138 valence electrons. The first kappa shape index (κ1) is 20.1. The van der Waals surface area contributed by atoms with Crippen molar-refractivity contribution in [1.29, 1.82) is 0 Å². The lowest BCUT2D eigenvalue weighted by Crippen LogP contribution is -2.54. The van der Waals surface area contributed by atoms with Gasteiger partial charge in [0.2, 0.25) is 17.7 Å². The number of hydrogen-bond donors (Lipinski definition) is 6. The Balaban J connectivity index is 2.83. The van der Waals surface area contributed by atoms with Crippen LogP contribution in [0.3, 0.4) is 0 Å². The van der Waals surface area contributed by atoms with Crippen LogP contribution in [-0.2, 0) is 25.6 Å². The summed E-state index contributed by atoms with van der Waals surface area (Å²) < 4.78 is 0. The molecule has 3 amide bonds. The molecule has 1 aromatic rings. The molecule has 0 aliphatic heterocycles. The number of carboxylic acid groups (broad SMARTS) is 1. The summed E-state index contributed by atoms with van der Waals surface area (Å²) in [6, 6.07) is -3.21. The number of hydrogen-bond acceptors (Lipinski definition) is 6. The van der Waals surface area contributed by atoms with Crippen LogP contribution in [-0.4, -0.2) is 56.9 Å². The fourth-order valence-corrected chi connectivity index (χ4v) is 1.94. The van der Waals surface area contributed by atoms with Crippen LogP contribution in [0.1, 0.15) is 25.5 Å². The van der Waals surface area contributed by atoms with E-state index in [-0.39, 0.29) is 19.3 Å². The molecule has 0 aromatic carbocycles. The molecule has 25 heavy (non-hydrogen) atoms. The largest absolute Gasteiger partial charge is 0.480 e. The fraction of sp³-hybridized carbons (Fsp3) is 0.500. The Morgan fingerprint density at radius 1 is 1.24 bits per heavy atom. The topological polar surface area (TPSA) is 193 Å². The molecule has 11 nitrogen and oxygen atoms in total. The van der Waals surface area contributed by atoms with E-state index < -0.39 is 41.8 Å². The van der Waals surface area contributed by atoms with Gasteiger partial charge in [-0.25, -0.2) is 9.78 Å². The minimum atomic E-state index is -1.31. The highest BCUT2D eigenvalue weighted by atomic mass is 16.4. The zero-order chi connectivity index (χ0) is 19.0. The Hall–Kier alpha value is -2.95. The highest BCUT2D eigenvalue weighted by Gasteiger charge is 2.28. The molecule has 0 saturated heterocycles. The first-order valence-corrected chi connectivity index (χ1v) is 7.55. The molecule has 0 saturated carbocycles. The minimum Gasteiger partial charge on any atom is -0.480 e. The molecular formula is C14H22N6O5. The summed E-state index contributed by atoms with van der Waals surface area (Å²) in [5, 5.41) is 13.9. The van der Waals surface area contributed by atoms with E-state index in [9.17, 15) is 19.2 Å². The Kier molecular flexibility index (Phi) is 7.53. The van der Waals surface area contributed by atoms with Crippen LogP contribution in [0, 0.1) is 0 Å². The summed E-state index contributed by atoms with van der Waals surface area (Å²) in [5.41, 5.74) is 11.0. The average Bonchev–Trinajstić information content (AvgIpc) is 3.02. The van der Waals surface area contributed by atoms with Crippen LogP contribution >= 0.6 is 0 Å². The molecule has 3 atom stereocenters. The lowest BCUT2D eigenvalue weighted by Gasteiger charge is -2.21. The molecule has 0 aliphatic carbocycles. The van der Waals surface area contributed by atoms with Crippen LogP contribution in [0.4, 0.5) is 0 Å². The first-order valence-electron chi connectivity index (χ1n) is 7.55. The smallest absolute Gasteiger partial charge is 0.326 e. The number of nitrogens with one attached hydrogen (secondary N) is 3. The van der Waals surface area contributed by atoms with Crippen molar-refractivity contribution in [2.75, 3.05) is 0 Å². The SMILES string of the molecule is C[C@H](N)C(=O)N[C@@H](Cc1cnc[nH]1)C(=O)N[C@@H](CCC(N)=O)C(=O)O. The van der Waals surface area contributed by atoms with Crippen LogP contribution in [0.15, 0.2) is 12.5 Å². The second-order valence-corrected chi connectivity index (χ2v) is 5.54. The van der Waals surface area contributed by atoms with Crippen molar-refractivity contribution < 1.29 is 24.3 Å². The molecule has 1 aromatic heterocycles. The lowest BCUT2D eigenvalue weighted by molar-refractivity contribution is -0.142. The van der Waals surface area contributed by atoms with Gasteiger partial charge in [0.05, 0.1) is 12.4 Å². The standard InChI is InChI=1S/C14H22N6O5/c1-7(15)12(22)20-10(4-8-5-17-6-18-8)13(23)19-9(14(24)25)2-3-11(16)21/h5-7,9-10H,2-4,15H2,1H3,(H2,16,21)(H,17,18)(H,19,23)(H,20,22)(H,24,25)/t7-,9-,10-/m0/s1. The van der Waals surface area contributed by atoms with Gasteiger partial charge in [-0.2, -0.15) is 0 Å². The molecule has 0 spiro atoms. The molecule has 8 N–H and O–H groups in total. The van der Waals surface area contributed by atoms with Crippen LogP contribution in [0.5, 0.6) is 0 Å². The van der Waals surface area contributed by atoms with Crippen LogP contribution in [0.25, 0.3) is 0 Å². The van der Waals surface area contributed by atoms with Crippen LogP contribution < -0.4 is 22.1 Å². The number of carbonyl (C=O) groups excluding carboxylic acids is 3. The normalized spacial score (nSPS) is 14.2. The zero-order valence-corrected chi connectivity index (χ0v) is 13.7. The third-order valence-electron chi connectivity index (χ3n) is 3.32. The number of carbonyl (C=O) groups is 4. The number of primary amides is 1. The monoisotopic (exact) mass is 354 g/mol. The summed E-state index contributed by atoms with van der Waals surface area (Å²) in [6.07, 6.45) is 2.58. The van der Waals surface area contributed by atoms with Crippen molar-refractivity contribution in [1.82, 2.24) is 20.6 Å². The first-order chi connectivity index (χ1) is 11.7. The molecule has 1 heterocycles. The summed E-state index contributed by atoms with van der Waals surface area (Å²) in [6.45, 7) is 1.45. The van der Waals surface area contributed by atoms with Crippen molar-refractivity contribution in [3.8, 4) is 0 Å². The number of amides is 3. The molecule has 0 bridgehead atoms. The third kappa shape index (κ3) is 6.99. The van der Waals surface area contributed by atoms with Crippen molar-refractivity contribution in [2.24, 2.45) is 11.5 Å². The van der Waals surface area contributed by atoms with Gasteiger partial charge in [0.15, 0.2) is 0 Å². The van der Waals surface area contributed by atoms with Gasteiger partial charge in [-0.3, -0.25) is 14.4 Å². The Morgan fingerprint density at radius 2 is 1.88 bits per heavy atom. The summed E-state index contributed by atoms with van der Waals surface area (Å²) in [4.78, 5) is 52.9. The highest BCUT2D eigenvalue weighted by molar-refractivity contribution is 5.91. The molecule has 0 radical (unpaired) electrons. The fourth-order valence-electron chi connectivity index (χ4n) is 1.94. The van der Waals surface area contributed by atoms with Gasteiger partial charge in [-0.05, 0) is 13.3 Å². The van der Waals surface area contributed by atoms with E-state index >= 15 is 0 Å². The summed E-state index contributed by atoms with van der Waals surface area (Å²) >= 11 is 0. The van der Waals surface area contributed by atoms with Crippen molar-refractivity contribution in [3.05, 3.63) is 18.2 Å². The van der Waals surface area contributed by atoms with E-state index in [1.54, 1.807) is 0 Å². The maximum absolute atomic E-state index is 12.4. The summed E-state index contributed by atoms with van der Waals surface area (Å²) in [5.74, 6) is -3.28. The number of aromatic nitrogens is 2. The number of aliphatic carboxylic acids is 1. The third-order valence-corrected chi connectivity index (χ3v) is 3.32. The Bertz CT molecular complexity index is 615. The quantitative estimate of drug-likeness (QED) is 0.270. The molecule has 11 heteroatoms. The van der Waals surface area contributed by atoms with Gasteiger partial charge in [-0.15, -0.1) is 0 Å². The molecule has 0 unspecified atom stereocenters. The van der Waals surface area contributed by atoms with Crippen molar-refractivity contribution >= 4 is 23.7 Å². The summed E-state index contributed by atoms with van der Waals surface area (Å²) in [7, 11) is 0. The molecular weight excluding hydrogens is 332 g/mol. The second kappa shape index (κ2) is 9.37. The van der Waals surface area contributed by atoms with Gasteiger partial charge in [0, 0.05) is 24.7 Å². The number of rotatable bonds is 10. The average molecular weight is 354 g/mol. The number of aromatic amines is 1. The predicted molar refractivity (Wildman–Crippen MR) is 85.9 cm³/mol. The van der Waals surface area contributed by atoms with E-state index in [2.05, 4.69) is 20.6 Å². The number of imidazole rings is 1. The Labute approximate surface area is 143 Å². The van der Waals surface area contributed by atoms with Crippen LogP contribution in [0.2, 0.25) is 0 Å². The van der Waals surface area contributed by atoms with E-state index in [4.69, 9.17) is 16.6 Å². The van der Waals surface area contributed by atoms with E-state index in [0.29, 0.717) is 5.69 Å². The number of nitrogens with two attached hydrogens (primary N) is 2. The van der Waals surface area contributed by atoms with E-state index in [1.165, 1.54) is 19.4 Å². The lowest BCUT2D eigenvalue weighted by atomic mass is 10.1. The van der Waals surface area contributed by atoms with Crippen molar-refractivity contribution in [2.45, 2.75) is 44.3 Å². The maximum atomic E-state index is 12.4. The minimum absolute atomic E-state index is 0.0620. The number of nitrogens with zero attached hydrogens (tertiary/aromatic N) is 1. The molecule has 0 fully saturated rings. The zero-order valence-electron chi connectivity index (χ0n) is 13.7. The van der Waals surface area contributed by atoms with Gasteiger partial charge in [-0.1, -0.05) is 0 Å². The molecule has 1 rings (SSSR count). The van der Waals surface area contributed by atoms with Gasteiger partial charge >= 0.3 is 5.97 Å².